The van der Waals surface area contributed by atoms with E-state index in [1.807, 2.05) is 0 Å². The molecule has 17 heavy (non-hydrogen) atoms. The molecule has 2 rings (SSSR count). The zero-order valence-electron chi connectivity index (χ0n) is 10.5. The van der Waals surface area contributed by atoms with Crippen LogP contribution in [0.25, 0.3) is 0 Å². The number of hydrogen-bond acceptors (Lipinski definition) is 4. The van der Waals surface area contributed by atoms with Crippen molar-refractivity contribution in [1.82, 2.24) is 25.8 Å². The molecule has 0 aromatic rings. The van der Waals surface area contributed by atoms with Crippen molar-refractivity contribution in [3.63, 3.8) is 0 Å². The summed E-state index contributed by atoms with van der Waals surface area (Å²) >= 11 is 0. The fourth-order valence-electron chi connectivity index (χ4n) is 2.03. The first-order valence-corrected chi connectivity index (χ1v) is 6.40. The van der Waals surface area contributed by atoms with Gasteiger partial charge < -0.3 is 20.9 Å². The van der Waals surface area contributed by atoms with Crippen molar-refractivity contribution in [2.45, 2.75) is 6.04 Å². The molecule has 2 aliphatic rings. The third-order valence-electron chi connectivity index (χ3n) is 3.43. The van der Waals surface area contributed by atoms with Gasteiger partial charge in [0, 0.05) is 52.4 Å². The molecule has 2 fully saturated rings. The van der Waals surface area contributed by atoms with Crippen molar-refractivity contribution in [2.75, 3.05) is 59.4 Å². The molecule has 6 nitrogen and oxygen atoms in total. The summed E-state index contributed by atoms with van der Waals surface area (Å²) in [6.45, 7) is 7.93. The predicted octanol–water partition coefficient (Wildman–Crippen LogP) is -1.50. The maximum atomic E-state index is 11.5. The highest BCUT2D eigenvalue weighted by Gasteiger charge is 2.18. The molecule has 0 aromatic heterocycles. The van der Waals surface area contributed by atoms with Crippen molar-refractivity contribution in [1.29, 1.82) is 0 Å². The zero-order valence-corrected chi connectivity index (χ0v) is 10.5. The highest BCUT2D eigenvalue weighted by atomic mass is 16.2. The molecule has 6 heteroatoms. The van der Waals surface area contributed by atoms with Gasteiger partial charge in [0.05, 0.1) is 6.04 Å². The van der Waals surface area contributed by atoms with Gasteiger partial charge in [-0.3, -0.25) is 4.90 Å². The Balaban J connectivity index is 1.51. The molecule has 2 aliphatic heterocycles. The molecule has 0 aliphatic carbocycles. The Bertz CT molecular complexity index is 248. The van der Waals surface area contributed by atoms with Crippen molar-refractivity contribution in [3.8, 4) is 0 Å². The monoisotopic (exact) mass is 241 g/mol. The molecule has 2 heterocycles. The first kappa shape index (κ1) is 12.6. The van der Waals surface area contributed by atoms with Crippen molar-refractivity contribution in [2.24, 2.45) is 0 Å². The van der Waals surface area contributed by atoms with Crippen LogP contribution in [0.5, 0.6) is 0 Å². The lowest BCUT2D eigenvalue weighted by molar-refractivity contribution is 0.154. The number of carbonyl (C=O) groups is 1. The molecule has 2 amide bonds. The van der Waals surface area contributed by atoms with Gasteiger partial charge in [-0.2, -0.15) is 0 Å². The molecular weight excluding hydrogens is 218 g/mol. The Labute approximate surface area is 103 Å². The van der Waals surface area contributed by atoms with Crippen LogP contribution in [0.3, 0.4) is 0 Å². The number of nitrogens with zero attached hydrogens (tertiary/aromatic N) is 2. The maximum absolute atomic E-state index is 11.5. The maximum Gasteiger partial charge on any atom is 0.315 e. The molecule has 2 saturated heterocycles. The van der Waals surface area contributed by atoms with E-state index in [4.69, 9.17) is 0 Å². The van der Waals surface area contributed by atoms with Gasteiger partial charge in [-0.15, -0.1) is 0 Å². The number of urea groups is 1. The summed E-state index contributed by atoms with van der Waals surface area (Å²) in [5.74, 6) is 0. The van der Waals surface area contributed by atoms with Crippen LogP contribution in [-0.4, -0.2) is 81.3 Å². The molecule has 98 valence electrons. The summed E-state index contributed by atoms with van der Waals surface area (Å²) in [4.78, 5) is 16.2. The Morgan fingerprint density at radius 3 is 2.59 bits per heavy atom. The van der Waals surface area contributed by atoms with Crippen LogP contribution >= 0.6 is 0 Å². The van der Waals surface area contributed by atoms with Gasteiger partial charge in [0.15, 0.2) is 0 Å². The van der Waals surface area contributed by atoms with E-state index in [-0.39, 0.29) is 6.03 Å². The van der Waals surface area contributed by atoms with Crippen LogP contribution in [0, 0.1) is 0 Å². The molecule has 0 aromatic carbocycles. The van der Waals surface area contributed by atoms with E-state index in [1.54, 1.807) is 0 Å². The van der Waals surface area contributed by atoms with E-state index in [2.05, 4.69) is 32.8 Å². The Kier molecular flexibility index (Phi) is 4.58. The molecule has 3 N–H and O–H groups in total. The summed E-state index contributed by atoms with van der Waals surface area (Å²) in [6, 6.07) is 0.282. The average Bonchev–Trinajstić information content (AvgIpc) is 2.26. The third-order valence-corrected chi connectivity index (χ3v) is 3.43. The van der Waals surface area contributed by atoms with E-state index < -0.39 is 0 Å². The summed E-state index contributed by atoms with van der Waals surface area (Å²) in [5, 5.41) is 8.95. The van der Waals surface area contributed by atoms with Crippen LogP contribution in [-0.2, 0) is 0 Å². The Hall–Kier alpha value is -0.850. The smallest absolute Gasteiger partial charge is 0.315 e. The number of piperazine rings is 1. The molecule has 0 spiro atoms. The molecule has 0 bridgehead atoms. The lowest BCUT2D eigenvalue weighted by Gasteiger charge is -2.32. The topological polar surface area (TPSA) is 59.6 Å². The second-order valence-electron chi connectivity index (χ2n) is 4.90. The number of carbonyl (C=O) groups excluding carboxylic acids is 1. The van der Waals surface area contributed by atoms with Crippen molar-refractivity contribution >= 4 is 6.03 Å². The van der Waals surface area contributed by atoms with E-state index in [9.17, 15) is 4.79 Å². The van der Waals surface area contributed by atoms with Gasteiger partial charge in [0.25, 0.3) is 0 Å². The summed E-state index contributed by atoms with van der Waals surface area (Å²) in [7, 11) is 2.15. The first-order chi connectivity index (χ1) is 8.24. The van der Waals surface area contributed by atoms with Gasteiger partial charge >= 0.3 is 6.03 Å². The molecular formula is C11H23N5O. The number of hydrogen-bond donors (Lipinski definition) is 3. The van der Waals surface area contributed by atoms with Gasteiger partial charge in [0.1, 0.15) is 0 Å². The third kappa shape index (κ3) is 4.14. The largest absolute Gasteiger partial charge is 0.337 e. The Morgan fingerprint density at radius 1 is 1.29 bits per heavy atom. The van der Waals surface area contributed by atoms with E-state index in [1.165, 1.54) is 0 Å². The van der Waals surface area contributed by atoms with Crippen molar-refractivity contribution in [3.05, 3.63) is 0 Å². The highest BCUT2D eigenvalue weighted by molar-refractivity contribution is 5.74. The normalized spacial score (nSPS) is 23.1. The second-order valence-corrected chi connectivity index (χ2v) is 4.90. The number of amides is 2. The number of nitrogens with one attached hydrogen (secondary N) is 3. The number of rotatable bonds is 4. The minimum atomic E-state index is -0.0365. The lowest BCUT2D eigenvalue weighted by Crippen LogP contribution is -2.59. The van der Waals surface area contributed by atoms with E-state index >= 15 is 0 Å². The molecule has 0 unspecified atom stereocenters. The van der Waals surface area contributed by atoms with Crippen LogP contribution in [0.2, 0.25) is 0 Å². The SMILES string of the molecule is CN1CCN(CCNC(=O)NC2CNC2)CC1. The van der Waals surface area contributed by atoms with Gasteiger partial charge in [-0.25, -0.2) is 4.79 Å². The summed E-state index contributed by atoms with van der Waals surface area (Å²) in [5.41, 5.74) is 0. The highest BCUT2D eigenvalue weighted by Crippen LogP contribution is 1.97. The fraction of sp³-hybridized carbons (Fsp3) is 0.909. The van der Waals surface area contributed by atoms with E-state index in [0.717, 1.165) is 52.4 Å². The molecule has 0 saturated carbocycles. The van der Waals surface area contributed by atoms with Crippen LogP contribution < -0.4 is 16.0 Å². The standard InChI is InChI=1S/C11H23N5O/c1-15-4-6-16(7-5-15)3-2-13-11(17)14-10-8-12-9-10/h10,12H,2-9H2,1H3,(H2,13,14,17). The zero-order chi connectivity index (χ0) is 12.1. The van der Waals surface area contributed by atoms with E-state index in [0.29, 0.717) is 6.04 Å². The second kappa shape index (κ2) is 6.18. The molecule has 0 atom stereocenters. The number of likely N-dealkylation sites (N-methyl/N-ethyl adjacent to an activating group) is 1. The predicted molar refractivity (Wildman–Crippen MR) is 67.1 cm³/mol. The van der Waals surface area contributed by atoms with Crippen LogP contribution in [0.1, 0.15) is 0 Å². The average molecular weight is 241 g/mol. The van der Waals surface area contributed by atoms with Gasteiger partial charge in [-0.05, 0) is 7.05 Å². The minimum absolute atomic E-state index is 0.0365. The van der Waals surface area contributed by atoms with Crippen LogP contribution in [0.15, 0.2) is 0 Å². The first-order valence-electron chi connectivity index (χ1n) is 6.40. The molecule has 0 radical (unpaired) electrons. The lowest BCUT2D eigenvalue weighted by atomic mass is 10.2. The van der Waals surface area contributed by atoms with Gasteiger partial charge in [-0.1, -0.05) is 0 Å². The minimum Gasteiger partial charge on any atom is -0.337 e. The van der Waals surface area contributed by atoms with Gasteiger partial charge in [0.2, 0.25) is 0 Å². The summed E-state index contributed by atoms with van der Waals surface area (Å²) in [6.07, 6.45) is 0. The fourth-order valence-corrected chi connectivity index (χ4v) is 2.03. The quantitative estimate of drug-likeness (QED) is 0.561. The van der Waals surface area contributed by atoms with Crippen LogP contribution in [0.4, 0.5) is 4.79 Å². The van der Waals surface area contributed by atoms with Crippen molar-refractivity contribution < 1.29 is 4.79 Å². The Morgan fingerprint density at radius 2 is 2.00 bits per heavy atom. The summed E-state index contributed by atoms with van der Waals surface area (Å²) < 4.78 is 0.